The van der Waals surface area contributed by atoms with Crippen LogP contribution in [0.3, 0.4) is 0 Å². The van der Waals surface area contributed by atoms with Crippen LogP contribution in [0.5, 0.6) is 0 Å². The molecule has 0 heterocycles. The van der Waals surface area contributed by atoms with Crippen molar-refractivity contribution in [3.63, 3.8) is 0 Å². The third-order valence-electron chi connectivity index (χ3n) is 4.61. The maximum atomic E-state index is 12.7. The molecule has 0 fully saturated rings. The highest BCUT2D eigenvalue weighted by atomic mass is 32.2. The SMILES string of the molecule is CCc1ccc(CC)c(CNC(=O)[C@@H](C)N(c2ccccc2)S(C)(=O)=O)c1. The fourth-order valence-electron chi connectivity index (χ4n) is 3.12. The second kappa shape index (κ2) is 9.04. The second-order valence-electron chi connectivity index (χ2n) is 6.60. The zero-order valence-electron chi connectivity index (χ0n) is 16.4. The van der Waals surface area contributed by atoms with E-state index in [-0.39, 0.29) is 5.91 Å². The van der Waals surface area contributed by atoms with Gasteiger partial charge in [-0.1, -0.05) is 50.2 Å². The molecule has 0 aromatic heterocycles. The Labute approximate surface area is 162 Å². The van der Waals surface area contributed by atoms with Gasteiger partial charge in [0, 0.05) is 6.54 Å². The summed E-state index contributed by atoms with van der Waals surface area (Å²) in [5.74, 6) is -0.326. The molecule has 1 atom stereocenters. The highest BCUT2D eigenvalue weighted by Gasteiger charge is 2.28. The first-order valence-corrected chi connectivity index (χ1v) is 11.1. The van der Waals surface area contributed by atoms with Crippen LogP contribution in [0.2, 0.25) is 0 Å². The van der Waals surface area contributed by atoms with Crippen molar-refractivity contribution in [1.29, 1.82) is 0 Å². The lowest BCUT2D eigenvalue weighted by atomic mass is 10.0. The Kier molecular flexibility index (Phi) is 7.02. The number of para-hydroxylation sites is 1. The molecule has 0 radical (unpaired) electrons. The van der Waals surface area contributed by atoms with Crippen LogP contribution in [0.25, 0.3) is 0 Å². The van der Waals surface area contributed by atoms with Gasteiger partial charge in [0.15, 0.2) is 0 Å². The minimum absolute atomic E-state index is 0.326. The van der Waals surface area contributed by atoms with E-state index in [1.165, 1.54) is 11.1 Å². The predicted molar refractivity (Wildman–Crippen MR) is 110 cm³/mol. The van der Waals surface area contributed by atoms with Crippen molar-refractivity contribution >= 4 is 21.6 Å². The van der Waals surface area contributed by atoms with Gasteiger partial charge in [-0.15, -0.1) is 0 Å². The standard InChI is InChI=1S/C21H28N2O3S/c1-5-17-12-13-18(6-2)19(14-17)15-22-21(24)16(3)23(27(4,25)26)20-10-8-7-9-11-20/h7-14,16H,5-6,15H2,1-4H3,(H,22,24)/t16-/m1/s1. The van der Waals surface area contributed by atoms with Gasteiger partial charge in [-0.25, -0.2) is 8.42 Å². The number of nitrogens with zero attached hydrogens (tertiary/aromatic N) is 1. The Bertz CT molecular complexity index is 880. The van der Waals surface area contributed by atoms with E-state index in [2.05, 4.69) is 37.4 Å². The molecule has 2 rings (SSSR count). The number of hydrogen-bond acceptors (Lipinski definition) is 3. The van der Waals surface area contributed by atoms with Gasteiger partial charge in [0.2, 0.25) is 15.9 Å². The molecular weight excluding hydrogens is 360 g/mol. The molecule has 0 aliphatic rings. The first kappa shape index (κ1) is 21.0. The van der Waals surface area contributed by atoms with E-state index in [1.807, 2.05) is 6.07 Å². The Morgan fingerprint density at radius 1 is 1.04 bits per heavy atom. The van der Waals surface area contributed by atoms with Crippen LogP contribution in [-0.2, 0) is 34.2 Å². The molecule has 0 unspecified atom stereocenters. The van der Waals surface area contributed by atoms with E-state index in [0.717, 1.165) is 29.0 Å². The summed E-state index contributed by atoms with van der Waals surface area (Å²) in [5.41, 5.74) is 3.95. The van der Waals surface area contributed by atoms with Crippen molar-refractivity contribution in [3.05, 3.63) is 65.2 Å². The Hall–Kier alpha value is -2.34. The summed E-state index contributed by atoms with van der Waals surface area (Å²) in [6, 6.07) is 14.1. The average Bonchev–Trinajstić information content (AvgIpc) is 2.65. The number of hydrogen-bond donors (Lipinski definition) is 1. The number of sulfonamides is 1. The third kappa shape index (κ3) is 5.32. The maximum Gasteiger partial charge on any atom is 0.243 e. The number of nitrogens with one attached hydrogen (secondary N) is 1. The highest BCUT2D eigenvalue weighted by Crippen LogP contribution is 2.20. The van der Waals surface area contributed by atoms with Crippen LogP contribution >= 0.6 is 0 Å². The molecule has 1 amide bonds. The monoisotopic (exact) mass is 388 g/mol. The number of amides is 1. The molecule has 0 aliphatic carbocycles. The lowest BCUT2D eigenvalue weighted by molar-refractivity contribution is -0.122. The number of carbonyl (C=O) groups excluding carboxylic acids is 1. The number of carbonyl (C=O) groups is 1. The predicted octanol–water partition coefficient (Wildman–Crippen LogP) is 3.28. The van der Waals surface area contributed by atoms with Gasteiger partial charge in [-0.05, 0) is 48.6 Å². The van der Waals surface area contributed by atoms with Crippen molar-refractivity contribution in [2.45, 2.75) is 46.2 Å². The summed E-state index contributed by atoms with van der Waals surface area (Å²) in [7, 11) is -3.60. The molecule has 0 spiro atoms. The van der Waals surface area contributed by atoms with E-state index in [1.54, 1.807) is 31.2 Å². The van der Waals surface area contributed by atoms with Crippen molar-refractivity contribution in [2.75, 3.05) is 10.6 Å². The molecule has 6 heteroatoms. The Morgan fingerprint density at radius 3 is 2.26 bits per heavy atom. The van der Waals surface area contributed by atoms with Gasteiger partial charge >= 0.3 is 0 Å². The fraction of sp³-hybridized carbons (Fsp3) is 0.381. The number of benzene rings is 2. The summed E-state index contributed by atoms with van der Waals surface area (Å²) >= 11 is 0. The van der Waals surface area contributed by atoms with E-state index in [4.69, 9.17) is 0 Å². The van der Waals surface area contributed by atoms with Gasteiger partial charge < -0.3 is 5.32 Å². The Morgan fingerprint density at radius 2 is 1.70 bits per heavy atom. The van der Waals surface area contributed by atoms with Crippen LogP contribution in [-0.4, -0.2) is 26.6 Å². The quantitative estimate of drug-likeness (QED) is 0.755. The molecule has 5 nitrogen and oxygen atoms in total. The van der Waals surface area contributed by atoms with Crippen molar-refractivity contribution in [3.8, 4) is 0 Å². The lowest BCUT2D eigenvalue weighted by Gasteiger charge is -2.28. The molecule has 2 aromatic carbocycles. The first-order valence-electron chi connectivity index (χ1n) is 9.20. The molecule has 27 heavy (non-hydrogen) atoms. The largest absolute Gasteiger partial charge is 0.350 e. The number of rotatable bonds is 8. The summed E-state index contributed by atoms with van der Waals surface area (Å²) in [4.78, 5) is 12.7. The van der Waals surface area contributed by atoms with Gasteiger partial charge in [-0.3, -0.25) is 9.10 Å². The summed E-state index contributed by atoms with van der Waals surface area (Å²) in [6.45, 7) is 6.16. The van der Waals surface area contributed by atoms with E-state index in [0.29, 0.717) is 12.2 Å². The molecule has 146 valence electrons. The van der Waals surface area contributed by atoms with Gasteiger partial charge in [0.05, 0.1) is 11.9 Å². The van der Waals surface area contributed by atoms with E-state index >= 15 is 0 Å². The zero-order valence-corrected chi connectivity index (χ0v) is 17.2. The third-order valence-corrected chi connectivity index (χ3v) is 5.85. The average molecular weight is 389 g/mol. The first-order chi connectivity index (χ1) is 12.8. The number of anilines is 1. The van der Waals surface area contributed by atoms with Crippen LogP contribution in [0.1, 0.15) is 37.5 Å². The molecule has 2 aromatic rings. The van der Waals surface area contributed by atoms with E-state index < -0.39 is 16.1 Å². The van der Waals surface area contributed by atoms with Crippen molar-refractivity contribution in [2.24, 2.45) is 0 Å². The lowest BCUT2D eigenvalue weighted by Crippen LogP contribution is -2.47. The Balaban J connectivity index is 2.19. The molecule has 1 N–H and O–H groups in total. The van der Waals surface area contributed by atoms with Crippen LogP contribution < -0.4 is 9.62 Å². The number of aryl methyl sites for hydroxylation is 2. The van der Waals surface area contributed by atoms with E-state index in [9.17, 15) is 13.2 Å². The molecule has 0 aliphatic heterocycles. The summed E-state index contributed by atoms with van der Waals surface area (Å²) < 4.78 is 25.7. The van der Waals surface area contributed by atoms with Crippen molar-refractivity contribution in [1.82, 2.24) is 5.32 Å². The normalized spacial score (nSPS) is 12.4. The fourth-order valence-corrected chi connectivity index (χ4v) is 4.30. The summed E-state index contributed by atoms with van der Waals surface area (Å²) in [5, 5.41) is 2.90. The second-order valence-corrected chi connectivity index (χ2v) is 8.46. The minimum atomic E-state index is -3.60. The molecule has 0 saturated heterocycles. The van der Waals surface area contributed by atoms with Crippen LogP contribution in [0.4, 0.5) is 5.69 Å². The van der Waals surface area contributed by atoms with Gasteiger partial charge in [0.25, 0.3) is 0 Å². The van der Waals surface area contributed by atoms with Gasteiger partial charge in [0.1, 0.15) is 6.04 Å². The highest BCUT2D eigenvalue weighted by molar-refractivity contribution is 7.92. The topological polar surface area (TPSA) is 66.5 Å². The smallest absolute Gasteiger partial charge is 0.243 e. The molecule has 0 saturated carbocycles. The van der Waals surface area contributed by atoms with Gasteiger partial charge in [-0.2, -0.15) is 0 Å². The maximum absolute atomic E-state index is 12.7. The van der Waals surface area contributed by atoms with Crippen molar-refractivity contribution < 1.29 is 13.2 Å². The molecule has 0 bridgehead atoms. The minimum Gasteiger partial charge on any atom is -0.350 e. The zero-order chi connectivity index (χ0) is 20.0. The summed E-state index contributed by atoms with van der Waals surface area (Å²) in [6.07, 6.45) is 2.92. The van der Waals surface area contributed by atoms with Crippen LogP contribution in [0.15, 0.2) is 48.5 Å². The van der Waals surface area contributed by atoms with Crippen LogP contribution in [0, 0.1) is 0 Å². The molecular formula is C21H28N2O3S.